The zero-order chi connectivity index (χ0) is 21.1. The Labute approximate surface area is 175 Å². The normalized spacial score (nSPS) is 18.8. The number of pyridine rings is 1. The van der Waals surface area contributed by atoms with Crippen molar-refractivity contribution in [3.63, 3.8) is 0 Å². The van der Waals surface area contributed by atoms with Crippen LogP contribution in [-0.4, -0.2) is 48.2 Å². The van der Waals surface area contributed by atoms with Gasteiger partial charge in [0.25, 0.3) is 0 Å². The van der Waals surface area contributed by atoms with Crippen LogP contribution >= 0.6 is 0 Å². The van der Waals surface area contributed by atoms with Crippen LogP contribution in [0, 0.1) is 18.7 Å². The number of likely N-dealkylation sites (tertiary alicyclic amines) is 1. The lowest BCUT2D eigenvalue weighted by Gasteiger charge is -2.33. The fourth-order valence-corrected chi connectivity index (χ4v) is 4.35. The van der Waals surface area contributed by atoms with Gasteiger partial charge in [-0.05, 0) is 56.7 Å². The summed E-state index contributed by atoms with van der Waals surface area (Å²) in [6, 6.07) is 4.18. The molecule has 0 atom stereocenters. The predicted molar refractivity (Wildman–Crippen MR) is 112 cm³/mol. The maximum absolute atomic E-state index is 13.4. The molecule has 7 heteroatoms. The maximum atomic E-state index is 13.4. The third-order valence-electron chi connectivity index (χ3n) is 6.37. The molecule has 2 aromatic rings. The molecule has 0 saturated carbocycles. The highest BCUT2D eigenvalue weighted by atomic mass is 19.1. The lowest BCUT2D eigenvalue weighted by atomic mass is 9.95. The number of aromatic amines is 1. The van der Waals surface area contributed by atoms with Gasteiger partial charge in [0.15, 0.2) is 5.43 Å². The van der Waals surface area contributed by atoms with Crippen molar-refractivity contribution in [1.29, 1.82) is 0 Å². The standard InChI is InChI=1S/C23H29FN2O4/c1-15-21(25-20-3-2-17(24)13-19(20)23(15)28)14-30-18-4-8-26(9-5-18)22(27)12-16-6-10-29-11-7-16/h2-3,13,16,18H,4-12,14H2,1H3,(H,25,28). The van der Waals surface area contributed by atoms with Crippen molar-refractivity contribution in [2.24, 2.45) is 5.92 Å². The van der Waals surface area contributed by atoms with Crippen molar-refractivity contribution in [3.05, 3.63) is 45.5 Å². The van der Waals surface area contributed by atoms with E-state index in [4.69, 9.17) is 9.47 Å². The molecule has 0 radical (unpaired) electrons. The molecule has 2 aliphatic rings. The molecule has 0 aliphatic carbocycles. The molecule has 2 aliphatic heterocycles. The summed E-state index contributed by atoms with van der Waals surface area (Å²) in [6.45, 7) is 4.98. The van der Waals surface area contributed by atoms with E-state index in [0.717, 1.165) is 44.6 Å². The fourth-order valence-electron chi connectivity index (χ4n) is 4.35. The van der Waals surface area contributed by atoms with E-state index in [-0.39, 0.29) is 17.4 Å². The number of fused-ring (bicyclic) bond motifs is 1. The highest BCUT2D eigenvalue weighted by Gasteiger charge is 2.26. The first-order valence-corrected chi connectivity index (χ1v) is 10.8. The Kier molecular flexibility index (Phi) is 6.49. The maximum Gasteiger partial charge on any atom is 0.222 e. The van der Waals surface area contributed by atoms with Crippen LogP contribution in [0.1, 0.15) is 43.4 Å². The SMILES string of the molecule is Cc1c(COC2CCN(C(=O)CC3CCOCC3)CC2)[nH]c2ccc(F)cc2c1=O. The van der Waals surface area contributed by atoms with Crippen LogP contribution in [0.5, 0.6) is 0 Å². The number of halogens is 1. The van der Waals surface area contributed by atoms with Crippen molar-refractivity contribution in [1.82, 2.24) is 9.88 Å². The quantitative estimate of drug-likeness (QED) is 0.812. The van der Waals surface area contributed by atoms with Crippen LogP contribution < -0.4 is 5.43 Å². The lowest BCUT2D eigenvalue weighted by molar-refractivity contribution is -0.135. The summed E-state index contributed by atoms with van der Waals surface area (Å²) in [4.78, 5) is 30.3. The Morgan fingerprint density at radius 3 is 2.70 bits per heavy atom. The van der Waals surface area contributed by atoms with Crippen LogP contribution in [-0.2, 0) is 20.9 Å². The van der Waals surface area contributed by atoms with Crippen molar-refractivity contribution in [2.45, 2.75) is 51.7 Å². The monoisotopic (exact) mass is 416 g/mol. The molecule has 1 aromatic carbocycles. The molecule has 0 bridgehead atoms. The number of carbonyl (C=O) groups is 1. The van der Waals surface area contributed by atoms with Gasteiger partial charge < -0.3 is 19.4 Å². The summed E-state index contributed by atoms with van der Waals surface area (Å²) in [6.07, 6.45) is 4.21. The van der Waals surface area contributed by atoms with Crippen molar-refractivity contribution < 1.29 is 18.7 Å². The number of nitrogens with one attached hydrogen (secondary N) is 1. The molecule has 4 rings (SSSR count). The van der Waals surface area contributed by atoms with Crippen LogP contribution in [0.3, 0.4) is 0 Å². The number of ether oxygens (including phenoxy) is 2. The third-order valence-corrected chi connectivity index (χ3v) is 6.37. The highest BCUT2D eigenvalue weighted by Crippen LogP contribution is 2.22. The van der Waals surface area contributed by atoms with E-state index in [9.17, 15) is 14.0 Å². The Balaban J connectivity index is 1.30. The molecule has 2 saturated heterocycles. The first kappa shape index (κ1) is 21.0. The van der Waals surface area contributed by atoms with Gasteiger partial charge in [0.1, 0.15) is 5.82 Å². The van der Waals surface area contributed by atoms with E-state index in [1.165, 1.54) is 12.1 Å². The molecule has 0 unspecified atom stereocenters. The minimum absolute atomic E-state index is 0.0592. The first-order chi connectivity index (χ1) is 14.5. The number of piperidine rings is 1. The number of hydrogen-bond acceptors (Lipinski definition) is 4. The molecule has 30 heavy (non-hydrogen) atoms. The van der Waals surface area contributed by atoms with Gasteiger partial charge >= 0.3 is 0 Å². The summed E-state index contributed by atoms with van der Waals surface area (Å²) < 4.78 is 24.9. The molecule has 2 fully saturated rings. The van der Waals surface area contributed by atoms with Crippen molar-refractivity contribution in [3.8, 4) is 0 Å². The molecule has 0 spiro atoms. The number of amides is 1. The number of aromatic nitrogens is 1. The molecule has 1 N–H and O–H groups in total. The summed E-state index contributed by atoms with van der Waals surface area (Å²) >= 11 is 0. The van der Waals surface area contributed by atoms with Gasteiger partial charge in [-0.3, -0.25) is 9.59 Å². The number of H-pyrrole nitrogens is 1. The van der Waals surface area contributed by atoms with Gasteiger partial charge in [-0.2, -0.15) is 0 Å². The van der Waals surface area contributed by atoms with E-state index in [1.807, 2.05) is 4.90 Å². The van der Waals surface area contributed by atoms with Crippen LogP contribution in [0.15, 0.2) is 23.0 Å². The Morgan fingerprint density at radius 2 is 1.97 bits per heavy atom. The van der Waals surface area contributed by atoms with Crippen LogP contribution in [0.25, 0.3) is 10.9 Å². The van der Waals surface area contributed by atoms with Crippen LogP contribution in [0.4, 0.5) is 4.39 Å². The van der Waals surface area contributed by atoms with Gasteiger partial charge in [-0.25, -0.2) is 4.39 Å². The van der Waals surface area contributed by atoms with Crippen molar-refractivity contribution in [2.75, 3.05) is 26.3 Å². The Morgan fingerprint density at radius 1 is 1.23 bits per heavy atom. The van der Waals surface area contributed by atoms with E-state index < -0.39 is 5.82 Å². The van der Waals surface area contributed by atoms with E-state index in [1.54, 1.807) is 13.0 Å². The smallest absolute Gasteiger partial charge is 0.222 e. The topological polar surface area (TPSA) is 71.6 Å². The number of carbonyl (C=O) groups excluding carboxylic acids is 1. The first-order valence-electron chi connectivity index (χ1n) is 10.8. The predicted octanol–water partition coefficient (Wildman–Crippen LogP) is 3.30. The number of rotatable bonds is 5. The fraction of sp³-hybridized carbons (Fsp3) is 0.565. The zero-order valence-corrected chi connectivity index (χ0v) is 17.4. The molecular formula is C23H29FN2O4. The molecule has 162 valence electrons. The second kappa shape index (κ2) is 9.27. The summed E-state index contributed by atoms with van der Waals surface area (Å²) in [7, 11) is 0. The molecule has 6 nitrogen and oxygen atoms in total. The number of hydrogen-bond donors (Lipinski definition) is 1. The molecule has 3 heterocycles. The number of benzene rings is 1. The largest absolute Gasteiger partial charge is 0.381 e. The summed E-state index contributed by atoms with van der Waals surface area (Å²) in [5.41, 5.74) is 1.71. The number of nitrogens with zero attached hydrogens (tertiary/aromatic N) is 1. The Bertz CT molecular complexity index is 960. The average Bonchev–Trinajstić information content (AvgIpc) is 2.77. The van der Waals surface area contributed by atoms with Gasteiger partial charge in [-0.1, -0.05) is 0 Å². The van der Waals surface area contributed by atoms with Gasteiger partial charge in [0.2, 0.25) is 5.91 Å². The Hall–Kier alpha value is -2.25. The average molecular weight is 416 g/mol. The van der Waals surface area contributed by atoms with E-state index in [0.29, 0.717) is 48.5 Å². The zero-order valence-electron chi connectivity index (χ0n) is 17.4. The van der Waals surface area contributed by atoms with Gasteiger partial charge in [0.05, 0.1) is 12.7 Å². The summed E-state index contributed by atoms with van der Waals surface area (Å²) in [5, 5.41) is 0.354. The second-order valence-corrected chi connectivity index (χ2v) is 8.40. The van der Waals surface area contributed by atoms with E-state index >= 15 is 0 Å². The van der Waals surface area contributed by atoms with Crippen molar-refractivity contribution >= 4 is 16.8 Å². The summed E-state index contributed by atoms with van der Waals surface area (Å²) in [5.74, 6) is 0.262. The highest BCUT2D eigenvalue weighted by molar-refractivity contribution is 5.79. The lowest BCUT2D eigenvalue weighted by Crippen LogP contribution is -2.41. The van der Waals surface area contributed by atoms with Gasteiger partial charge in [-0.15, -0.1) is 0 Å². The molecule has 1 amide bonds. The van der Waals surface area contributed by atoms with Crippen LogP contribution in [0.2, 0.25) is 0 Å². The van der Waals surface area contributed by atoms with E-state index in [2.05, 4.69) is 4.98 Å². The molecular weight excluding hydrogens is 387 g/mol. The minimum atomic E-state index is -0.422. The second-order valence-electron chi connectivity index (χ2n) is 8.40. The third kappa shape index (κ3) is 4.73. The minimum Gasteiger partial charge on any atom is -0.381 e. The molecule has 1 aromatic heterocycles. The van der Waals surface area contributed by atoms with Gasteiger partial charge in [0, 0.05) is 54.9 Å².